The molecule has 3 heterocycles. The molecule has 0 saturated carbocycles. The number of hydrogen-bond donors (Lipinski definition) is 0. The molecule has 0 N–H and O–H groups in total. The summed E-state index contributed by atoms with van der Waals surface area (Å²) in [5.74, 6) is 0.534. The third-order valence-electron chi connectivity index (χ3n) is 3.83. The molecule has 1 aromatic heterocycles. The SMILES string of the molecule is O=C(Cc1ccccn1)C1CC2CCC(C1)O2. The van der Waals surface area contributed by atoms with E-state index in [4.69, 9.17) is 4.74 Å². The van der Waals surface area contributed by atoms with Crippen molar-refractivity contribution in [3.8, 4) is 0 Å². The van der Waals surface area contributed by atoms with Crippen LogP contribution in [0.4, 0.5) is 0 Å². The van der Waals surface area contributed by atoms with E-state index in [1.807, 2.05) is 18.2 Å². The van der Waals surface area contributed by atoms with E-state index < -0.39 is 0 Å². The quantitative estimate of drug-likeness (QED) is 0.800. The predicted octanol–water partition coefficient (Wildman–Crippen LogP) is 2.15. The lowest BCUT2D eigenvalue weighted by atomic mass is 9.89. The summed E-state index contributed by atoms with van der Waals surface area (Å²) in [5.41, 5.74) is 0.885. The molecule has 2 saturated heterocycles. The second-order valence-electron chi connectivity index (χ2n) is 5.09. The molecule has 0 aliphatic carbocycles. The molecule has 2 fully saturated rings. The van der Waals surface area contributed by atoms with Gasteiger partial charge in [-0.3, -0.25) is 9.78 Å². The van der Waals surface area contributed by atoms with Gasteiger partial charge in [0.05, 0.1) is 12.2 Å². The number of ether oxygens (including phenoxy) is 1. The van der Waals surface area contributed by atoms with Crippen LogP contribution in [-0.4, -0.2) is 23.0 Å². The Kier molecular flexibility index (Phi) is 2.93. The summed E-state index contributed by atoms with van der Waals surface area (Å²) in [5, 5.41) is 0. The van der Waals surface area contributed by atoms with E-state index in [-0.39, 0.29) is 5.92 Å². The maximum Gasteiger partial charge on any atom is 0.142 e. The number of nitrogens with zero attached hydrogens (tertiary/aromatic N) is 1. The molecule has 3 nitrogen and oxygen atoms in total. The first kappa shape index (κ1) is 10.9. The van der Waals surface area contributed by atoms with Gasteiger partial charge >= 0.3 is 0 Å². The summed E-state index contributed by atoms with van der Waals surface area (Å²) in [6.45, 7) is 0. The molecule has 1 aromatic rings. The molecule has 2 aliphatic heterocycles. The first-order valence-corrected chi connectivity index (χ1v) is 6.39. The van der Waals surface area contributed by atoms with Crippen LogP contribution in [0.2, 0.25) is 0 Å². The molecule has 2 aliphatic rings. The van der Waals surface area contributed by atoms with Gasteiger partial charge in [-0.1, -0.05) is 6.07 Å². The number of fused-ring (bicyclic) bond motifs is 2. The lowest BCUT2D eigenvalue weighted by Gasteiger charge is -2.27. The molecule has 2 unspecified atom stereocenters. The third-order valence-corrected chi connectivity index (χ3v) is 3.83. The number of rotatable bonds is 3. The topological polar surface area (TPSA) is 39.2 Å². The van der Waals surface area contributed by atoms with Gasteiger partial charge in [-0.15, -0.1) is 0 Å². The van der Waals surface area contributed by atoms with E-state index in [2.05, 4.69) is 4.98 Å². The Hall–Kier alpha value is -1.22. The number of hydrogen-bond acceptors (Lipinski definition) is 3. The Balaban J connectivity index is 1.63. The van der Waals surface area contributed by atoms with Crippen molar-refractivity contribution >= 4 is 5.78 Å². The number of Topliss-reactive ketones (excluding diaryl/α,β-unsaturated/α-hetero) is 1. The van der Waals surface area contributed by atoms with Crippen LogP contribution in [0.25, 0.3) is 0 Å². The highest BCUT2D eigenvalue weighted by atomic mass is 16.5. The summed E-state index contributed by atoms with van der Waals surface area (Å²) in [6, 6.07) is 5.73. The fourth-order valence-electron chi connectivity index (χ4n) is 2.95. The minimum absolute atomic E-state index is 0.197. The van der Waals surface area contributed by atoms with Gasteiger partial charge in [-0.25, -0.2) is 0 Å². The Morgan fingerprint density at radius 1 is 1.29 bits per heavy atom. The zero-order valence-electron chi connectivity index (χ0n) is 9.84. The average Bonchev–Trinajstić information content (AvgIpc) is 2.69. The molecule has 90 valence electrons. The largest absolute Gasteiger partial charge is 0.375 e. The van der Waals surface area contributed by atoms with Crippen LogP contribution in [0.3, 0.4) is 0 Å². The second kappa shape index (κ2) is 4.57. The van der Waals surface area contributed by atoms with Gasteiger partial charge in [0.1, 0.15) is 5.78 Å². The molecule has 0 amide bonds. The van der Waals surface area contributed by atoms with E-state index in [0.29, 0.717) is 24.4 Å². The van der Waals surface area contributed by atoms with Crippen molar-refractivity contribution in [3.63, 3.8) is 0 Å². The third kappa shape index (κ3) is 2.39. The van der Waals surface area contributed by atoms with Crippen molar-refractivity contribution in [2.24, 2.45) is 5.92 Å². The summed E-state index contributed by atoms with van der Waals surface area (Å²) in [7, 11) is 0. The molecular formula is C14H17NO2. The lowest BCUT2D eigenvalue weighted by molar-refractivity contribution is -0.128. The maximum atomic E-state index is 12.2. The smallest absolute Gasteiger partial charge is 0.142 e. The summed E-state index contributed by atoms with van der Waals surface area (Å²) < 4.78 is 5.76. The molecule has 2 atom stereocenters. The van der Waals surface area contributed by atoms with Gasteiger partial charge in [0.15, 0.2) is 0 Å². The summed E-state index contributed by atoms with van der Waals surface area (Å²) in [4.78, 5) is 16.4. The van der Waals surface area contributed by atoms with Crippen molar-refractivity contribution < 1.29 is 9.53 Å². The zero-order chi connectivity index (χ0) is 11.7. The standard InChI is InChI=1S/C14H17NO2/c16-14(9-11-3-1-2-6-15-11)10-7-12-4-5-13(8-10)17-12/h1-3,6,10,12-13H,4-5,7-9H2. The molecule has 0 radical (unpaired) electrons. The van der Waals surface area contributed by atoms with Crippen LogP contribution in [0, 0.1) is 5.92 Å². The highest BCUT2D eigenvalue weighted by molar-refractivity contribution is 5.83. The highest BCUT2D eigenvalue weighted by Gasteiger charge is 2.37. The minimum atomic E-state index is 0.197. The molecule has 3 heteroatoms. The number of carbonyl (C=O) groups excluding carboxylic acids is 1. The van der Waals surface area contributed by atoms with Crippen molar-refractivity contribution in [2.45, 2.75) is 44.3 Å². The van der Waals surface area contributed by atoms with E-state index in [1.54, 1.807) is 6.20 Å². The second-order valence-corrected chi connectivity index (χ2v) is 5.09. The summed E-state index contributed by atoms with van der Waals surface area (Å²) >= 11 is 0. The molecule has 0 aromatic carbocycles. The maximum absolute atomic E-state index is 12.2. The number of carbonyl (C=O) groups is 1. The van der Waals surface area contributed by atoms with E-state index in [9.17, 15) is 4.79 Å². The molecule has 17 heavy (non-hydrogen) atoms. The Morgan fingerprint density at radius 3 is 2.71 bits per heavy atom. The minimum Gasteiger partial charge on any atom is -0.375 e. The molecule has 2 bridgehead atoms. The van der Waals surface area contributed by atoms with Crippen LogP contribution < -0.4 is 0 Å². The fourth-order valence-corrected chi connectivity index (χ4v) is 2.95. The Morgan fingerprint density at radius 2 is 2.06 bits per heavy atom. The molecule has 3 rings (SSSR count). The van der Waals surface area contributed by atoms with Crippen molar-refractivity contribution in [1.29, 1.82) is 0 Å². The van der Waals surface area contributed by atoms with Gasteiger partial charge in [-0.2, -0.15) is 0 Å². The average molecular weight is 231 g/mol. The van der Waals surface area contributed by atoms with Crippen molar-refractivity contribution in [1.82, 2.24) is 4.98 Å². The van der Waals surface area contributed by atoms with Gasteiger partial charge in [-0.05, 0) is 37.8 Å². The van der Waals surface area contributed by atoms with Crippen LogP contribution in [0.15, 0.2) is 24.4 Å². The van der Waals surface area contributed by atoms with Gasteiger partial charge in [0.25, 0.3) is 0 Å². The first-order valence-electron chi connectivity index (χ1n) is 6.39. The van der Waals surface area contributed by atoms with E-state index >= 15 is 0 Å². The number of ketones is 1. The van der Waals surface area contributed by atoms with Crippen LogP contribution in [0.1, 0.15) is 31.4 Å². The van der Waals surface area contributed by atoms with Crippen molar-refractivity contribution in [3.05, 3.63) is 30.1 Å². The molecular weight excluding hydrogens is 214 g/mol. The number of aromatic nitrogens is 1. The van der Waals surface area contributed by atoms with Crippen LogP contribution >= 0.6 is 0 Å². The lowest BCUT2D eigenvalue weighted by Crippen LogP contribution is -2.30. The predicted molar refractivity (Wildman–Crippen MR) is 63.6 cm³/mol. The highest BCUT2D eigenvalue weighted by Crippen LogP contribution is 2.36. The fraction of sp³-hybridized carbons (Fsp3) is 0.571. The van der Waals surface area contributed by atoms with Gasteiger partial charge < -0.3 is 4.74 Å². The normalized spacial score (nSPS) is 31.4. The summed E-state index contributed by atoms with van der Waals surface area (Å²) in [6.07, 6.45) is 7.01. The van der Waals surface area contributed by atoms with E-state index in [1.165, 1.54) is 0 Å². The van der Waals surface area contributed by atoms with Crippen LogP contribution in [0.5, 0.6) is 0 Å². The van der Waals surface area contributed by atoms with Crippen molar-refractivity contribution in [2.75, 3.05) is 0 Å². The first-order chi connectivity index (χ1) is 8.31. The molecule has 0 spiro atoms. The van der Waals surface area contributed by atoms with Gasteiger partial charge in [0, 0.05) is 24.2 Å². The van der Waals surface area contributed by atoms with Crippen LogP contribution in [-0.2, 0) is 16.0 Å². The Bertz CT molecular complexity index is 392. The Labute approximate surface area is 101 Å². The zero-order valence-corrected chi connectivity index (χ0v) is 9.84. The monoisotopic (exact) mass is 231 g/mol. The van der Waals surface area contributed by atoms with E-state index in [0.717, 1.165) is 31.4 Å². The van der Waals surface area contributed by atoms with Gasteiger partial charge in [0.2, 0.25) is 0 Å². The number of pyridine rings is 1.